The quantitative estimate of drug-likeness (QED) is 0.774. The number of aromatic amines is 1. The van der Waals surface area contributed by atoms with Crippen molar-refractivity contribution in [3.8, 4) is 0 Å². The van der Waals surface area contributed by atoms with E-state index in [1.165, 1.54) is 4.31 Å². The van der Waals surface area contributed by atoms with E-state index in [4.69, 9.17) is 0 Å². The minimum Gasteiger partial charge on any atom is -0.322 e. The van der Waals surface area contributed by atoms with Crippen LogP contribution in [0.3, 0.4) is 0 Å². The number of fused-ring (bicyclic) bond motifs is 1. The van der Waals surface area contributed by atoms with E-state index >= 15 is 0 Å². The van der Waals surface area contributed by atoms with Gasteiger partial charge in [-0.25, -0.2) is 8.42 Å². The molecule has 0 spiro atoms. The Morgan fingerprint density at radius 3 is 2.33 bits per heavy atom. The summed E-state index contributed by atoms with van der Waals surface area (Å²) in [6, 6.07) is 18.5. The van der Waals surface area contributed by atoms with Crippen molar-refractivity contribution < 1.29 is 8.42 Å². The predicted molar refractivity (Wildman–Crippen MR) is 95.1 cm³/mol. The second-order valence-corrected chi connectivity index (χ2v) is 7.71. The lowest BCUT2D eigenvalue weighted by Gasteiger charge is -2.20. The number of hydrogen-bond donors (Lipinski definition) is 1. The maximum Gasteiger partial charge on any atom is 0.252 e. The molecule has 0 fully saturated rings. The Labute approximate surface area is 140 Å². The summed E-state index contributed by atoms with van der Waals surface area (Å²) in [6.45, 7) is 0.264. The summed E-state index contributed by atoms with van der Waals surface area (Å²) in [4.78, 5) is 15.1. The van der Waals surface area contributed by atoms with Crippen LogP contribution in [0.15, 0.2) is 65.5 Å². The number of pyridine rings is 1. The van der Waals surface area contributed by atoms with Crippen LogP contribution in [-0.2, 0) is 23.1 Å². The van der Waals surface area contributed by atoms with Gasteiger partial charge in [0.1, 0.15) is 0 Å². The molecule has 0 unspecified atom stereocenters. The molecular formula is C18H18N2O3S. The van der Waals surface area contributed by atoms with E-state index in [-0.39, 0.29) is 18.6 Å². The molecule has 5 nitrogen and oxygen atoms in total. The molecule has 0 atom stereocenters. The molecule has 0 amide bonds. The topological polar surface area (TPSA) is 70.2 Å². The molecule has 1 N–H and O–H groups in total. The molecule has 1 heterocycles. The number of H-pyrrole nitrogens is 1. The Bertz CT molecular complexity index is 1010. The maximum atomic E-state index is 12.3. The smallest absolute Gasteiger partial charge is 0.252 e. The van der Waals surface area contributed by atoms with E-state index in [1.54, 1.807) is 6.07 Å². The summed E-state index contributed by atoms with van der Waals surface area (Å²) < 4.78 is 25.6. The largest absolute Gasteiger partial charge is 0.322 e. The van der Waals surface area contributed by atoms with Crippen LogP contribution >= 0.6 is 0 Å². The van der Waals surface area contributed by atoms with Crippen molar-refractivity contribution in [1.82, 2.24) is 9.29 Å². The minimum atomic E-state index is -3.45. The van der Waals surface area contributed by atoms with Crippen molar-refractivity contribution >= 4 is 20.9 Å². The van der Waals surface area contributed by atoms with E-state index in [0.29, 0.717) is 5.56 Å². The molecule has 1 aromatic heterocycles. The second-order valence-electron chi connectivity index (χ2n) is 5.73. The first-order valence-corrected chi connectivity index (χ1v) is 9.38. The number of para-hydroxylation sites is 1. The number of nitrogens with zero attached hydrogens (tertiary/aromatic N) is 1. The van der Waals surface area contributed by atoms with Gasteiger partial charge in [-0.15, -0.1) is 0 Å². The van der Waals surface area contributed by atoms with Gasteiger partial charge in [0, 0.05) is 24.2 Å². The first-order chi connectivity index (χ1) is 11.4. The molecule has 3 rings (SSSR count). The van der Waals surface area contributed by atoms with Crippen LogP contribution in [0.4, 0.5) is 0 Å². The Kier molecular flexibility index (Phi) is 4.51. The standard InChI is InChI=1S/C18H18N2O3S/c1-24(22,23)20(12-14-7-3-2-4-8-14)13-16-11-15-9-5-6-10-17(15)19-18(16)21/h2-11H,12-13H2,1H3,(H,19,21). The van der Waals surface area contributed by atoms with Crippen LogP contribution in [0.5, 0.6) is 0 Å². The SMILES string of the molecule is CS(=O)(=O)N(Cc1ccccc1)Cc1cc2ccccc2[nH]c1=O. The van der Waals surface area contributed by atoms with Gasteiger partial charge in [-0.3, -0.25) is 4.79 Å². The van der Waals surface area contributed by atoms with Gasteiger partial charge in [0.15, 0.2) is 0 Å². The number of sulfonamides is 1. The number of rotatable bonds is 5. The van der Waals surface area contributed by atoms with Crippen molar-refractivity contribution in [2.75, 3.05) is 6.26 Å². The van der Waals surface area contributed by atoms with Gasteiger partial charge in [0.25, 0.3) is 5.56 Å². The maximum absolute atomic E-state index is 12.3. The van der Waals surface area contributed by atoms with Gasteiger partial charge in [0.05, 0.1) is 6.26 Å². The molecule has 0 saturated heterocycles. The van der Waals surface area contributed by atoms with Crippen LogP contribution in [0.2, 0.25) is 0 Å². The van der Waals surface area contributed by atoms with Gasteiger partial charge >= 0.3 is 0 Å². The Hall–Kier alpha value is -2.44. The fourth-order valence-corrected chi connectivity index (χ4v) is 3.33. The van der Waals surface area contributed by atoms with Crippen LogP contribution < -0.4 is 5.56 Å². The zero-order chi connectivity index (χ0) is 17.2. The summed E-state index contributed by atoms with van der Waals surface area (Å²) in [5.74, 6) is 0. The third-order valence-electron chi connectivity index (χ3n) is 3.85. The fourth-order valence-electron chi connectivity index (χ4n) is 2.58. The van der Waals surface area contributed by atoms with E-state index in [0.717, 1.165) is 22.7 Å². The van der Waals surface area contributed by atoms with E-state index in [1.807, 2.05) is 54.6 Å². The first kappa shape index (κ1) is 16.4. The molecule has 0 saturated carbocycles. The van der Waals surface area contributed by atoms with Gasteiger partial charge in [0.2, 0.25) is 10.0 Å². The number of hydrogen-bond acceptors (Lipinski definition) is 3. The highest BCUT2D eigenvalue weighted by Crippen LogP contribution is 2.15. The Balaban J connectivity index is 1.96. The van der Waals surface area contributed by atoms with Crippen molar-refractivity contribution in [2.24, 2.45) is 0 Å². The molecule has 0 bridgehead atoms. The van der Waals surface area contributed by atoms with Crippen molar-refractivity contribution in [1.29, 1.82) is 0 Å². The number of nitrogens with one attached hydrogen (secondary N) is 1. The molecule has 124 valence electrons. The van der Waals surface area contributed by atoms with Crippen LogP contribution in [0, 0.1) is 0 Å². The van der Waals surface area contributed by atoms with Gasteiger partial charge in [-0.2, -0.15) is 4.31 Å². The summed E-state index contributed by atoms with van der Waals surface area (Å²) in [5.41, 5.74) is 1.77. The summed E-state index contributed by atoms with van der Waals surface area (Å²) in [6.07, 6.45) is 1.16. The number of benzene rings is 2. The van der Waals surface area contributed by atoms with Crippen LogP contribution in [-0.4, -0.2) is 24.0 Å². The lowest BCUT2D eigenvalue weighted by Crippen LogP contribution is -2.31. The van der Waals surface area contributed by atoms with Crippen molar-refractivity contribution in [3.63, 3.8) is 0 Å². The molecular weight excluding hydrogens is 324 g/mol. The molecule has 0 aliphatic heterocycles. The first-order valence-electron chi connectivity index (χ1n) is 7.53. The van der Waals surface area contributed by atoms with Crippen molar-refractivity contribution in [2.45, 2.75) is 13.1 Å². The lowest BCUT2D eigenvalue weighted by molar-refractivity contribution is 0.404. The summed E-state index contributed by atoms with van der Waals surface area (Å²) in [5, 5.41) is 0.875. The average molecular weight is 342 g/mol. The highest BCUT2D eigenvalue weighted by molar-refractivity contribution is 7.88. The molecule has 24 heavy (non-hydrogen) atoms. The normalized spacial score (nSPS) is 11.9. The Morgan fingerprint density at radius 1 is 0.958 bits per heavy atom. The number of aromatic nitrogens is 1. The fraction of sp³-hybridized carbons (Fsp3) is 0.167. The molecule has 0 aliphatic rings. The Morgan fingerprint density at radius 2 is 1.62 bits per heavy atom. The zero-order valence-electron chi connectivity index (χ0n) is 13.3. The van der Waals surface area contributed by atoms with E-state index in [9.17, 15) is 13.2 Å². The highest BCUT2D eigenvalue weighted by Gasteiger charge is 2.19. The molecule has 3 aromatic rings. The van der Waals surface area contributed by atoms with Gasteiger partial charge < -0.3 is 4.98 Å². The molecule has 0 radical (unpaired) electrons. The molecule has 0 aliphatic carbocycles. The van der Waals surface area contributed by atoms with E-state index in [2.05, 4.69) is 4.98 Å². The van der Waals surface area contributed by atoms with Crippen LogP contribution in [0.25, 0.3) is 10.9 Å². The van der Waals surface area contributed by atoms with Gasteiger partial charge in [-0.05, 0) is 23.1 Å². The second kappa shape index (κ2) is 6.59. The third kappa shape index (κ3) is 3.72. The molecule has 2 aromatic carbocycles. The van der Waals surface area contributed by atoms with Crippen LogP contribution in [0.1, 0.15) is 11.1 Å². The van der Waals surface area contributed by atoms with Gasteiger partial charge in [-0.1, -0.05) is 48.5 Å². The molecule has 6 heteroatoms. The monoisotopic (exact) mass is 342 g/mol. The highest BCUT2D eigenvalue weighted by atomic mass is 32.2. The van der Waals surface area contributed by atoms with E-state index < -0.39 is 10.0 Å². The minimum absolute atomic E-state index is 0.0356. The van der Waals surface area contributed by atoms with Crippen molar-refractivity contribution in [3.05, 3.63) is 82.1 Å². The predicted octanol–water partition coefficient (Wildman–Crippen LogP) is 2.49. The summed E-state index contributed by atoms with van der Waals surface area (Å²) in [7, 11) is -3.45. The lowest BCUT2D eigenvalue weighted by atomic mass is 10.1. The zero-order valence-corrected chi connectivity index (χ0v) is 14.1. The third-order valence-corrected chi connectivity index (χ3v) is 5.04. The summed E-state index contributed by atoms with van der Waals surface area (Å²) >= 11 is 0. The average Bonchev–Trinajstić information content (AvgIpc) is 2.55.